The Bertz CT molecular complexity index is 449. The monoisotopic (exact) mass is 324 g/mol. The van der Waals surface area contributed by atoms with Crippen LogP contribution in [0.15, 0.2) is 0 Å². The van der Waals surface area contributed by atoms with Crippen molar-refractivity contribution in [3.63, 3.8) is 0 Å². The van der Waals surface area contributed by atoms with E-state index in [0.29, 0.717) is 13.2 Å². The van der Waals surface area contributed by atoms with Crippen LogP contribution in [0.2, 0.25) is 0 Å². The fraction of sp³-hybridized carbons (Fsp3) is 0.846. The first-order valence-corrected chi connectivity index (χ1v) is 7.02. The minimum atomic E-state index is -4.64. The Morgan fingerprint density at radius 2 is 2.09 bits per heavy atom. The van der Waals surface area contributed by atoms with Gasteiger partial charge in [-0.05, 0) is 6.42 Å². The molecule has 6 nitrogen and oxygen atoms in total. The molecule has 0 spiro atoms. The number of hydrogen-bond acceptors (Lipinski definition) is 3. The zero-order valence-electron chi connectivity index (χ0n) is 12.2. The number of hydrogen-bond donors (Lipinski definition) is 2. The van der Waals surface area contributed by atoms with Crippen LogP contribution < -0.4 is 5.32 Å². The molecule has 2 aliphatic rings. The Morgan fingerprint density at radius 3 is 2.55 bits per heavy atom. The first kappa shape index (κ1) is 16.9. The highest BCUT2D eigenvalue weighted by molar-refractivity contribution is 5.77. The summed E-state index contributed by atoms with van der Waals surface area (Å²) in [7, 11) is 0. The van der Waals surface area contributed by atoms with Gasteiger partial charge in [0.2, 0.25) is 0 Å². The summed E-state index contributed by atoms with van der Waals surface area (Å²) < 4.78 is 43.8. The number of aliphatic carboxylic acids is 1. The standard InChI is InChI=1S/C13H19F3N2O4/c1-12(2-3-22-7-12)6-17-11(21)18-4-8(10(19)20)9(5-18)13(14,15)16/h8-9H,2-7H2,1H3,(H,17,21)(H,19,20)/t8-,9-,12?/m1/s1. The van der Waals surface area contributed by atoms with Crippen molar-refractivity contribution in [1.82, 2.24) is 10.2 Å². The van der Waals surface area contributed by atoms with E-state index in [0.717, 1.165) is 11.3 Å². The maximum absolute atomic E-state index is 12.9. The quantitative estimate of drug-likeness (QED) is 0.821. The van der Waals surface area contributed by atoms with Crippen LogP contribution in [0.25, 0.3) is 0 Å². The number of halogens is 3. The van der Waals surface area contributed by atoms with Crippen LogP contribution in [-0.2, 0) is 9.53 Å². The number of likely N-dealkylation sites (tertiary alicyclic amines) is 1. The van der Waals surface area contributed by atoms with E-state index in [-0.39, 0.29) is 12.0 Å². The number of carboxylic acids is 1. The molecule has 1 unspecified atom stereocenters. The Hall–Kier alpha value is -1.51. The Labute approximate surface area is 125 Å². The van der Waals surface area contributed by atoms with E-state index >= 15 is 0 Å². The van der Waals surface area contributed by atoms with Crippen molar-refractivity contribution in [1.29, 1.82) is 0 Å². The van der Waals surface area contributed by atoms with E-state index < -0.39 is 43.1 Å². The van der Waals surface area contributed by atoms with E-state index in [2.05, 4.69) is 5.32 Å². The number of carbonyl (C=O) groups excluding carboxylic acids is 1. The number of ether oxygens (including phenoxy) is 1. The van der Waals surface area contributed by atoms with Gasteiger partial charge in [0, 0.05) is 31.7 Å². The van der Waals surface area contributed by atoms with E-state index in [1.807, 2.05) is 6.92 Å². The SMILES string of the molecule is CC1(CNC(=O)N2C[C@@H](C(F)(F)F)[C@H](C(=O)O)C2)CCOC1. The molecule has 0 aromatic carbocycles. The van der Waals surface area contributed by atoms with Crippen LogP contribution in [-0.4, -0.2) is 61.0 Å². The Kier molecular flexibility index (Phi) is 4.55. The van der Waals surface area contributed by atoms with Gasteiger partial charge >= 0.3 is 18.2 Å². The minimum absolute atomic E-state index is 0.231. The average Bonchev–Trinajstić information content (AvgIpc) is 3.02. The summed E-state index contributed by atoms with van der Waals surface area (Å²) in [5.41, 5.74) is -0.231. The van der Waals surface area contributed by atoms with Crippen LogP contribution >= 0.6 is 0 Å². The number of amides is 2. The van der Waals surface area contributed by atoms with Gasteiger partial charge in [-0.15, -0.1) is 0 Å². The van der Waals surface area contributed by atoms with Gasteiger partial charge in [0.15, 0.2) is 0 Å². The second-order valence-corrected chi connectivity index (χ2v) is 6.27. The number of carboxylic acid groups (broad SMARTS) is 1. The highest BCUT2D eigenvalue weighted by atomic mass is 19.4. The lowest BCUT2D eigenvalue weighted by Crippen LogP contribution is -2.44. The van der Waals surface area contributed by atoms with Crippen LogP contribution in [0.5, 0.6) is 0 Å². The second kappa shape index (κ2) is 5.94. The molecule has 0 radical (unpaired) electrons. The zero-order chi connectivity index (χ0) is 16.5. The Morgan fingerprint density at radius 1 is 1.41 bits per heavy atom. The van der Waals surface area contributed by atoms with E-state index in [1.54, 1.807) is 0 Å². The second-order valence-electron chi connectivity index (χ2n) is 6.27. The van der Waals surface area contributed by atoms with Crippen LogP contribution in [0.1, 0.15) is 13.3 Å². The lowest BCUT2D eigenvalue weighted by molar-refractivity contribution is -0.187. The largest absolute Gasteiger partial charge is 0.481 e. The van der Waals surface area contributed by atoms with Crippen LogP contribution in [0.3, 0.4) is 0 Å². The summed E-state index contributed by atoms with van der Waals surface area (Å²) >= 11 is 0. The predicted molar refractivity (Wildman–Crippen MR) is 69.2 cm³/mol. The smallest absolute Gasteiger partial charge is 0.394 e. The third-order valence-corrected chi connectivity index (χ3v) is 4.31. The van der Waals surface area contributed by atoms with E-state index in [4.69, 9.17) is 9.84 Å². The van der Waals surface area contributed by atoms with Crippen molar-refractivity contribution in [3.05, 3.63) is 0 Å². The first-order chi connectivity index (χ1) is 10.1. The molecule has 0 aromatic heterocycles. The normalized spacial score (nSPS) is 32.3. The summed E-state index contributed by atoms with van der Waals surface area (Å²) in [6.07, 6.45) is -3.88. The maximum Gasteiger partial charge on any atom is 0.394 e. The molecule has 0 aromatic rings. The topological polar surface area (TPSA) is 78.9 Å². The number of alkyl halides is 3. The van der Waals surface area contributed by atoms with Crippen molar-refractivity contribution in [2.24, 2.45) is 17.3 Å². The lowest BCUT2D eigenvalue weighted by Gasteiger charge is -2.24. The number of nitrogens with zero attached hydrogens (tertiary/aromatic N) is 1. The van der Waals surface area contributed by atoms with Gasteiger partial charge in [-0.2, -0.15) is 13.2 Å². The molecule has 2 rings (SSSR count). The molecule has 2 saturated heterocycles. The highest BCUT2D eigenvalue weighted by Crippen LogP contribution is 2.37. The summed E-state index contributed by atoms with van der Waals surface area (Å²) in [6, 6.07) is -0.661. The highest BCUT2D eigenvalue weighted by Gasteiger charge is 2.53. The first-order valence-electron chi connectivity index (χ1n) is 7.02. The summed E-state index contributed by atoms with van der Waals surface area (Å²) in [5, 5.41) is 11.5. The predicted octanol–water partition coefficient (Wildman–Crippen LogP) is 1.32. The Balaban J connectivity index is 1.95. The van der Waals surface area contributed by atoms with Gasteiger partial charge in [0.05, 0.1) is 18.4 Å². The van der Waals surface area contributed by atoms with Gasteiger partial charge in [-0.1, -0.05) is 6.92 Å². The number of rotatable bonds is 3. The maximum atomic E-state index is 12.9. The third kappa shape index (κ3) is 3.63. The molecule has 0 saturated carbocycles. The summed E-state index contributed by atoms with van der Waals surface area (Å²) in [6.45, 7) is 2.22. The molecular weight excluding hydrogens is 305 g/mol. The molecule has 2 N–H and O–H groups in total. The van der Waals surface area contributed by atoms with Gasteiger partial charge in [0.25, 0.3) is 0 Å². The number of nitrogens with one attached hydrogen (secondary N) is 1. The van der Waals surface area contributed by atoms with Crippen LogP contribution in [0.4, 0.5) is 18.0 Å². The van der Waals surface area contributed by atoms with Crippen LogP contribution in [0, 0.1) is 17.3 Å². The fourth-order valence-electron chi connectivity index (χ4n) is 2.80. The van der Waals surface area contributed by atoms with Crippen molar-refractivity contribution < 1.29 is 32.6 Å². The van der Waals surface area contributed by atoms with Crippen molar-refractivity contribution in [3.8, 4) is 0 Å². The molecule has 22 heavy (non-hydrogen) atoms. The summed E-state index contributed by atoms with van der Waals surface area (Å²) in [4.78, 5) is 23.9. The number of carbonyl (C=O) groups is 2. The molecule has 126 valence electrons. The van der Waals surface area contributed by atoms with Gasteiger partial charge < -0.3 is 20.1 Å². The molecule has 2 aliphatic heterocycles. The zero-order valence-corrected chi connectivity index (χ0v) is 12.2. The van der Waals surface area contributed by atoms with Crippen molar-refractivity contribution in [2.45, 2.75) is 19.5 Å². The van der Waals surface area contributed by atoms with E-state index in [1.165, 1.54) is 0 Å². The molecule has 0 aliphatic carbocycles. The minimum Gasteiger partial charge on any atom is -0.481 e. The molecule has 9 heteroatoms. The van der Waals surface area contributed by atoms with Gasteiger partial charge in [0.1, 0.15) is 0 Å². The molecular formula is C13H19F3N2O4. The number of urea groups is 1. The summed E-state index contributed by atoms with van der Waals surface area (Å²) in [5.74, 6) is -5.17. The van der Waals surface area contributed by atoms with Gasteiger partial charge in [-0.25, -0.2) is 4.79 Å². The molecule has 2 heterocycles. The van der Waals surface area contributed by atoms with E-state index in [9.17, 15) is 22.8 Å². The lowest BCUT2D eigenvalue weighted by atomic mass is 9.90. The molecule has 2 fully saturated rings. The van der Waals surface area contributed by atoms with Crippen molar-refractivity contribution >= 4 is 12.0 Å². The third-order valence-electron chi connectivity index (χ3n) is 4.31. The van der Waals surface area contributed by atoms with Gasteiger partial charge in [-0.3, -0.25) is 4.79 Å². The fourth-order valence-corrected chi connectivity index (χ4v) is 2.80. The molecule has 2 amide bonds. The molecule has 3 atom stereocenters. The average molecular weight is 324 g/mol. The van der Waals surface area contributed by atoms with Crippen molar-refractivity contribution in [2.75, 3.05) is 32.8 Å². The molecule has 0 bridgehead atoms.